The minimum Gasteiger partial charge on any atom is -0.481 e. The third kappa shape index (κ3) is 3.19. The first-order valence-corrected chi connectivity index (χ1v) is 8.67. The predicted octanol–water partition coefficient (Wildman–Crippen LogP) is 4.29. The number of aliphatic carboxylic acids is 1. The highest BCUT2D eigenvalue weighted by atomic mass is 35.5. The lowest BCUT2D eigenvalue weighted by Gasteiger charge is -2.37. The van der Waals surface area contributed by atoms with E-state index in [4.69, 9.17) is 11.6 Å². The molecule has 22 heavy (non-hydrogen) atoms. The summed E-state index contributed by atoms with van der Waals surface area (Å²) in [6, 6.07) is 12.0. The summed E-state index contributed by atoms with van der Waals surface area (Å²) in [5, 5.41) is 12.1. The van der Waals surface area contributed by atoms with E-state index < -0.39 is 5.97 Å². The van der Waals surface area contributed by atoms with Crippen LogP contribution in [-0.4, -0.2) is 29.1 Å². The molecule has 5 heteroatoms. The molecule has 1 saturated heterocycles. The largest absolute Gasteiger partial charge is 0.481 e. The van der Waals surface area contributed by atoms with Gasteiger partial charge in [0.1, 0.15) is 0 Å². The van der Waals surface area contributed by atoms with Crippen molar-refractivity contribution in [3.05, 3.63) is 57.2 Å². The summed E-state index contributed by atoms with van der Waals surface area (Å²) < 4.78 is 0. The summed E-state index contributed by atoms with van der Waals surface area (Å²) in [6.07, 6.45) is 1.66. The van der Waals surface area contributed by atoms with E-state index in [0.717, 1.165) is 30.0 Å². The third-order valence-corrected chi connectivity index (χ3v) is 5.45. The normalized spacial score (nSPS) is 20.7. The SMILES string of the molecule is O=C(O)C1CCCN(C(c2cccs2)c2ccccc2Cl)C1. The van der Waals surface area contributed by atoms with Crippen molar-refractivity contribution in [1.82, 2.24) is 4.90 Å². The average Bonchev–Trinajstić information content (AvgIpc) is 3.04. The molecule has 1 aliphatic heterocycles. The van der Waals surface area contributed by atoms with Crippen molar-refractivity contribution in [3.63, 3.8) is 0 Å². The van der Waals surface area contributed by atoms with Gasteiger partial charge < -0.3 is 5.11 Å². The zero-order valence-corrected chi connectivity index (χ0v) is 13.7. The second-order valence-electron chi connectivity index (χ2n) is 5.61. The molecule has 2 aromatic rings. The number of likely N-dealkylation sites (tertiary alicyclic amines) is 1. The molecule has 0 bridgehead atoms. The zero-order valence-electron chi connectivity index (χ0n) is 12.1. The summed E-state index contributed by atoms with van der Waals surface area (Å²) in [4.78, 5) is 14.8. The van der Waals surface area contributed by atoms with Crippen LogP contribution in [0.1, 0.15) is 29.3 Å². The van der Waals surface area contributed by atoms with Gasteiger partial charge in [0.2, 0.25) is 0 Å². The molecule has 0 spiro atoms. The van der Waals surface area contributed by atoms with Gasteiger partial charge in [-0.2, -0.15) is 0 Å². The van der Waals surface area contributed by atoms with Crippen LogP contribution >= 0.6 is 22.9 Å². The Kier molecular flexibility index (Phi) is 4.81. The average molecular weight is 336 g/mol. The Morgan fingerprint density at radius 3 is 2.82 bits per heavy atom. The monoisotopic (exact) mass is 335 g/mol. The van der Waals surface area contributed by atoms with Gasteiger partial charge in [0, 0.05) is 16.4 Å². The molecule has 0 aliphatic carbocycles. The molecule has 0 radical (unpaired) electrons. The summed E-state index contributed by atoms with van der Waals surface area (Å²) in [5.41, 5.74) is 1.05. The summed E-state index contributed by atoms with van der Waals surface area (Å²) >= 11 is 8.11. The van der Waals surface area contributed by atoms with Crippen LogP contribution in [0.2, 0.25) is 5.02 Å². The van der Waals surface area contributed by atoms with Gasteiger partial charge in [0.25, 0.3) is 0 Å². The molecular formula is C17H18ClNO2S. The quantitative estimate of drug-likeness (QED) is 0.906. The van der Waals surface area contributed by atoms with Gasteiger partial charge in [-0.1, -0.05) is 35.9 Å². The highest BCUT2D eigenvalue weighted by Gasteiger charge is 2.32. The fourth-order valence-corrected chi connectivity index (χ4v) is 4.23. The van der Waals surface area contributed by atoms with Crippen molar-refractivity contribution in [3.8, 4) is 0 Å². The molecule has 3 rings (SSSR count). The summed E-state index contributed by atoms with van der Waals surface area (Å²) in [6.45, 7) is 1.47. The van der Waals surface area contributed by atoms with Gasteiger partial charge >= 0.3 is 5.97 Å². The Morgan fingerprint density at radius 1 is 1.32 bits per heavy atom. The lowest BCUT2D eigenvalue weighted by molar-refractivity contribution is -0.143. The van der Waals surface area contributed by atoms with Crippen molar-refractivity contribution < 1.29 is 9.90 Å². The molecule has 2 unspecified atom stereocenters. The van der Waals surface area contributed by atoms with Gasteiger partial charge in [-0.25, -0.2) is 0 Å². The Hall–Kier alpha value is -1.36. The van der Waals surface area contributed by atoms with Crippen LogP contribution in [0, 0.1) is 5.92 Å². The lowest BCUT2D eigenvalue weighted by Crippen LogP contribution is -2.41. The fraction of sp³-hybridized carbons (Fsp3) is 0.353. The molecule has 1 aromatic carbocycles. The molecule has 3 nitrogen and oxygen atoms in total. The first-order valence-electron chi connectivity index (χ1n) is 7.41. The molecule has 1 aromatic heterocycles. The molecule has 1 aliphatic rings. The number of carboxylic acid groups (broad SMARTS) is 1. The lowest BCUT2D eigenvalue weighted by atomic mass is 9.94. The van der Waals surface area contributed by atoms with Crippen LogP contribution in [0.15, 0.2) is 41.8 Å². The van der Waals surface area contributed by atoms with Crippen LogP contribution < -0.4 is 0 Å². The second-order valence-corrected chi connectivity index (χ2v) is 7.00. The van der Waals surface area contributed by atoms with E-state index in [1.807, 2.05) is 30.3 Å². The van der Waals surface area contributed by atoms with E-state index in [-0.39, 0.29) is 12.0 Å². The summed E-state index contributed by atoms with van der Waals surface area (Å²) in [5.74, 6) is -0.993. The highest BCUT2D eigenvalue weighted by Crippen LogP contribution is 2.37. The number of hydrogen-bond acceptors (Lipinski definition) is 3. The van der Waals surface area contributed by atoms with Crippen molar-refractivity contribution in [2.45, 2.75) is 18.9 Å². The molecule has 2 heterocycles. The van der Waals surface area contributed by atoms with E-state index in [9.17, 15) is 9.90 Å². The number of nitrogens with zero attached hydrogens (tertiary/aromatic N) is 1. The maximum Gasteiger partial charge on any atom is 0.307 e. The number of carboxylic acids is 1. The predicted molar refractivity (Wildman–Crippen MR) is 89.5 cm³/mol. The molecule has 1 N–H and O–H groups in total. The number of rotatable bonds is 4. The zero-order chi connectivity index (χ0) is 15.5. The van der Waals surface area contributed by atoms with E-state index in [0.29, 0.717) is 6.54 Å². The van der Waals surface area contributed by atoms with Crippen molar-refractivity contribution in [1.29, 1.82) is 0 Å². The van der Waals surface area contributed by atoms with Gasteiger partial charge in [0.05, 0.1) is 12.0 Å². The molecule has 0 amide bonds. The molecule has 1 fully saturated rings. The topological polar surface area (TPSA) is 40.5 Å². The number of piperidine rings is 1. The third-order valence-electron chi connectivity index (χ3n) is 4.18. The number of hydrogen-bond donors (Lipinski definition) is 1. The van der Waals surface area contributed by atoms with E-state index in [2.05, 4.69) is 16.3 Å². The fourth-order valence-electron chi connectivity index (χ4n) is 3.12. The molecule has 0 saturated carbocycles. The van der Waals surface area contributed by atoms with Gasteiger partial charge in [-0.3, -0.25) is 9.69 Å². The Bertz CT molecular complexity index is 644. The van der Waals surface area contributed by atoms with Crippen molar-refractivity contribution in [2.75, 3.05) is 13.1 Å². The Balaban J connectivity index is 1.96. The van der Waals surface area contributed by atoms with E-state index in [1.165, 1.54) is 4.88 Å². The summed E-state index contributed by atoms with van der Waals surface area (Å²) in [7, 11) is 0. The van der Waals surface area contributed by atoms with Crippen LogP contribution in [0.4, 0.5) is 0 Å². The maximum atomic E-state index is 11.4. The molecule has 116 valence electrons. The number of carbonyl (C=O) groups is 1. The van der Waals surface area contributed by atoms with Crippen LogP contribution in [0.25, 0.3) is 0 Å². The molecular weight excluding hydrogens is 318 g/mol. The van der Waals surface area contributed by atoms with Crippen molar-refractivity contribution >= 4 is 28.9 Å². The number of halogens is 1. The van der Waals surface area contributed by atoms with Crippen LogP contribution in [0.3, 0.4) is 0 Å². The number of benzene rings is 1. The number of thiophene rings is 1. The van der Waals surface area contributed by atoms with Crippen LogP contribution in [-0.2, 0) is 4.79 Å². The molecule has 2 atom stereocenters. The standard InChI is InChI=1S/C17H18ClNO2S/c18-14-7-2-1-6-13(14)16(15-8-4-10-22-15)19-9-3-5-12(11-19)17(20)21/h1-2,4,6-8,10,12,16H,3,5,9,11H2,(H,20,21). The first kappa shape index (κ1) is 15.5. The second kappa shape index (κ2) is 6.82. The Morgan fingerprint density at radius 2 is 2.14 bits per heavy atom. The van der Waals surface area contributed by atoms with E-state index >= 15 is 0 Å². The van der Waals surface area contributed by atoms with E-state index in [1.54, 1.807) is 11.3 Å². The Labute approximate surface area is 139 Å². The smallest absolute Gasteiger partial charge is 0.307 e. The van der Waals surface area contributed by atoms with Gasteiger partial charge in [0.15, 0.2) is 0 Å². The van der Waals surface area contributed by atoms with Gasteiger partial charge in [-0.15, -0.1) is 11.3 Å². The maximum absolute atomic E-state index is 11.4. The first-order chi connectivity index (χ1) is 10.7. The minimum atomic E-state index is -0.700. The van der Waals surface area contributed by atoms with Gasteiger partial charge in [-0.05, 0) is 42.5 Å². The van der Waals surface area contributed by atoms with Crippen LogP contribution in [0.5, 0.6) is 0 Å². The van der Waals surface area contributed by atoms with Crippen molar-refractivity contribution in [2.24, 2.45) is 5.92 Å². The highest BCUT2D eigenvalue weighted by molar-refractivity contribution is 7.10. The minimum absolute atomic E-state index is 0.0378.